The van der Waals surface area contributed by atoms with Crippen LogP contribution in [-0.4, -0.2) is 16.7 Å². The van der Waals surface area contributed by atoms with E-state index < -0.39 is 0 Å². The van der Waals surface area contributed by atoms with Gasteiger partial charge < -0.3 is 9.84 Å². The highest BCUT2D eigenvalue weighted by Gasteiger charge is 2.20. The van der Waals surface area contributed by atoms with Crippen molar-refractivity contribution < 1.29 is 4.52 Å². The summed E-state index contributed by atoms with van der Waals surface area (Å²) in [6, 6.07) is 4.23. The summed E-state index contributed by atoms with van der Waals surface area (Å²) >= 11 is 5.04. The van der Waals surface area contributed by atoms with Crippen LogP contribution in [0.15, 0.2) is 20.4 Å². The molecule has 0 aromatic carbocycles. The number of hydrogen-bond donors (Lipinski definition) is 1. The quantitative estimate of drug-likeness (QED) is 0.912. The van der Waals surface area contributed by atoms with Crippen molar-refractivity contribution in [2.24, 2.45) is 0 Å². The van der Waals surface area contributed by atoms with Gasteiger partial charge in [-0.05, 0) is 47.4 Å². The molecule has 0 aliphatic carbocycles. The second kappa shape index (κ2) is 5.50. The van der Waals surface area contributed by atoms with Crippen LogP contribution in [0.3, 0.4) is 0 Å². The zero-order valence-electron chi connectivity index (χ0n) is 9.86. The summed E-state index contributed by atoms with van der Waals surface area (Å²) < 4.78 is 6.42. The molecule has 1 saturated heterocycles. The third kappa shape index (κ3) is 2.65. The van der Waals surface area contributed by atoms with Gasteiger partial charge in [0.2, 0.25) is 0 Å². The van der Waals surface area contributed by atoms with Gasteiger partial charge in [0.05, 0.1) is 14.7 Å². The fourth-order valence-electron chi connectivity index (χ4n) is 2.15. The monoisotopic (exact) mass is 327 g/mol. The molecule has 0 amide bonds. The molecule has 1 atom stereocenters. The van der Waals surface area contributed by atoms with E-state index >= 15 is 0 Å². The van der Waals surface area contributed by atoms with Crippen LogP contribution in [-0.2, 0) is 0 Å². The normalized spacial score (nSPS) is 20.8. The molecule has 1 aliphatic heterocycles. The Hall–Kier alpha value is -0.720. The lowest BCUT2D eigenvalue weighted by Crippen LogP contribution is -2.21. The molecule has 18 heavy (non-hydrogen) atoms. The van der Waals surface area contributed by atoms with Crippen molar-refractivity contribution in [2.75, 3.05) is 6.54 Å². The summed E-state index contributed by atoms with van der Waals surface area (Å²) in [7, 11) is 0. The Balaban J connectivity index is 1.80. The first-order valence-electron chi connectivity index (χ1n) is 6.15. The number of thiophene rings is 1. The van der Waals surface area contributed by atoms with Gasteiger partial charge in [-0.15, -0.1) is 11.3 Å². The van der Waals surface area contributed by atoms with Crippen LogP contribution >= 0.6 is 27.3 Å². The molecule has 1 N–H and O–H groups in total. The molecule has 96 valence electrons. The van der Waals surface area contributed by atoms with Gasteiger partial charge in [0.1, 0.15) is 0 Å². The maximum Gasteiger partial charge on any atom is 0.268 e. The van der Waals surface area contributed by atoms with E-state index in [0.29, 0.717) is 5.89 Å². The molecule has 0 saturated carbocycles. The van der Waals surface area contributed by atoms with Crippen molar-refractivity contribution in [3.8, 4) is 10.8 Å². The van der Waals surface area contributed by atoms with Gasteiger partial charge in [-0.25, -0.2) is 0 Å². The molecule has 0 spiro atoms. The molecule has 3 rings (SSSR count). The lowest BCUT2D eigenvalue weighted by molar-refractivity contribution is 0.403. The zero-order chi connectivity index (χ0) is 12.4. The van der Waals surface area contributed by atoms with Crippen molar-refractivity contribution in [3.63, 3.8) is 0 Å². The molecule has 0 bridgehead atoms. The maximum atomic E-state index is 5.35. The molecular formula is C12H14BrN3OS. The zero-order valence-corrected chi connectivity index (χ0v) is 12.3. The largest absolute Gasteiger partial charge is 0.333 e. The van der Waals surface area contributed by atoms with Crippen molar-refractivity contribution in [1.29, 1.82) is 0 Å². The molecule has 2 aromatic heterocycles. The van der Waals surface area contributed by atoms with Gasteiger partial charge in [0, 0.05) is 0 Å². The van der Waals surface area contributed by atoms with E-state index in [2.05, 4.69) is 31.4 Å². The smallest absolute Gasteiger partial charge is 0.268 e. The molecule has 0 radical (unpaired) electrons. The van der Waals surface area contributed by atoms with Gasteiger partial charge in [0.15, 0.2) is 5.82 Å². The highest BCUT2D eigenvalue weighted by atomic mass is 79.9. The second-order valence-electron chi connectivity index (χ2n) is 4.42. The fraction of sp³-hybridized carbons (Fsp3) is 0.500. The second-order valence-corrected chi connectivity index (χ2v) is 6.88. The Morgan fingerprint density at radius 2 is 2.28 bits per heavy atom. The SMILES string of the molecule is Brc1ccc(-c2nc(C3CCCCCN3)no2)s1. The highest BCUT2D eigenvalue weighted by molar-refractivity contribution is 9.11. The van der Waals surface area contributed by atoms with Crippen LogP contribution in [0.1, 0.15) is 37.5 Å². The van der Waals surface area contributed by atoms with Crippen molar-refractivity contribution >= 4 is 27.3 Å². The van der Waals surface area contributed by atoms with E-state index in [1.54, 1.807) is 11.3 Å². The molecule has 3 heterocycles. The predicted octanol–water partition coefficient (Wildman–Crippen LogP) is 3.77. The third-order valence-electron chi connectivity index (χ3n) is 3.10. The molecule has 2 aromatic rings. The van der Waals surface area contributed by atoms with Gasteiger partial charge in [-0.1, -0.05) is 18.0 Å². The standard InChI is InChI=1S/C12H14BrN3OS/c13-10-6-5-9(18-10)12-15-11(16-17-12)8-4-2-1-3-7-14-8/h5-6,8,14H,1-4,7H2. The van der Waals surface area contributed by atoms with E-state index in [4.69, 9.17) is 4.52 Å². The van der Waals surface area contributed by atoms with Crippen LogP contribution in [0.2, 0.25) is 0 Å². The van der Waals surface area contributed by atoms with Gasteiger partial charge in [-0.2, -0.15) is 4.98 Å². The van der Waals surface area contributed by atoms with E-state index in [9.17, 15) is 0 Å². The van der Waals surface area contributed by atoms with Gasteiger partial charge >= 0.3 is 0 Å². The minimum atomic E-state index is 0.244. The molecule has 1 unspecified atom stereocenters. The number of nitrogens with one attached hydrogen (secondary N) is 1. The summed E-state index contributed by atoms with van der Waals surface area (Å²) in [6.07, 6.45) is 4.84. The predicted molar refractivity (Wildman–Crippen MR) is 74.5 cm³/mol. The van der Waals surface area contributed by atoms with Crippen molar-refractivity contribution in [1.82, 2.24) is 15.5 Å². The molecule has 6 heteroatoms. The van der Waals surface area contributed by atoms with E-state index in [0.717, 1.165) is 27.5 Å². The minimum Gasteiger partial charge on any atom is -0.333 e. The Labute approximate surface area is 118 Å². The number of hydrogen-bond acceptors (Lipinski definition) is 5. The number of rotatable bonds is 2. The Morgan fingerprint density at radius 3 is 3.11 bits per heavy atom. The third-order valence-corrected chi connectivity index (χ3v) is 4.71. The molecular weight excluding hydrogens is 314 g/mol. The summed E-state index contributed by atoms with van der Waals surface area (Å²) in [5.74, 6) is 1.41. The Morgan fingerprint density at radius 1 is 1.33 bits per heavy atom. The summed E-state index contributed by atoms with van der Waals surface area (Å²) in [5, 5.41) is 7.59. The van der Waals surface area contributed by atoms with Crippen LogP contribution in [0.4, 0.5) is 0 Å². The van der Waals surface area contributed by atoms with Crippen LogP contribution in [0, 0.1) is 0 Å². The van der Waals surface area contributed by atoms with Crippen molar-refractivity contribution in [3.05, 3.63) is 21.7 Å². The highest BCUT2D eigenvalue weighted by Crippen LogP contribution is 2.31. The topological polar surface area (TPSA) is 51.0 Å². The Bertz CT molecular complexity index is 517. The molecule has 1 fully saturated rings. The van der Waals surface area contributed by atoms with Gasteiger partial charge in [0.25, 0.3) is 5.89 Å². The van der Waals surface area contributed by atoms with Gasteiger partial charge in [-0.3, -0.25) is 0 Å². The molecule has 4 nitrogen and oxygen atoms in total. The number of halogens is 1. The lowest BCUT2D eigenvalue weighted by Gasteiger charge is -2.09. The first-order valence-corrected chi connectivity index (χ1v) is 7.76. The lowest BCUT2D eigenvalue weighted by atomic mass is 10.1. The maximum absolute atomic E-state index is 5.35. The number of nitrogens with zero attached hydrogens (tertiary/aromatic N) is 2. The average Bonchev–Trinajstić information content (AvgIpc) is 2.92. The fourth-order valence-corrected chi connectivity index (χ4v) is 3.46. The minimum absolute atomic E-state index is 0.244. The first-order chi connectivity index (χ1) is 8.83. The average molecular weight is 328 g/mol. The van der Waals surface area contributed by atoms with Crippen LogP contribution in [0.5, 0.6) is 0 Å². The molecule has 1 aliphatic rings. The van der Waals surface area contributed by atoms with Crippen LogP contribution in [0.25, 0.3) is 10.8 Å². The van der Waals surface area contributed by atoms with Crippen LogP contribution < -0.4 is 5.32 Å². The first kappa shape index (κ1) is 12.3. The summed E-state index contributed by atoms with van der Waals surface area (Å²) in [6.45, 7) is 1.04. The van der Waals surface area contributed by atoms with E-state index in [1.807, 2.05) is 12.1 Å². The number of aromatic nitrogens is 2. The van der Waals surface area contributed by atoms with E-state index in [1.165, 1.54) is 19.3 Å². The summed E-state index contributed by atoms with van der Waals surface area (Å²) in [4.78, 5) is 5.52. The summed E-state index contributed by atoms with van der Waals surface area (Å²) in [5.41, 5.74) is 0. The van der Waals surface area contributed by atoms with Crippen molar-refractivity contribution in [2.45, 2.75) is 31.7 Å². The van der Waals surface area contributed by atoms with E-state index in [-0.39, 0.29) is 6.04 Å². The Kier molecular flexibility index (Phi) is 3.77.